The van der Waals surface area contributed by atoms with Crippen LogP contribution in [0.3, 0.4) is 0 Å². The third-order valence-corrected chi connectivity index (χ3v) is 4.25. The van der Waals surface area contributed by atoms with E-state index in [-0.39, 0.29) is 19.1 Å². The van der Waals surface area contributed by atoms with Gasteiger partial charge in [0.15, 0.2) is 6.61 Å². The maximum Gasteiger partial charge on any atom is 0.248 e. The zero-order valence-corrected chi connectivity index (χ0v) is 16.9. The molecular formula is C23H21N5O3. The molecule has 0 spiro atoms. The smallest absolute Gasteiger partial charge is 0.248 e. The van der Waals surface area contributed by atoms with Crippen LogP contribution in [0.4, 0.5) is 5.69 Å². The normalized spacial score (nSPS) is 10.5. The van der Waals surface area contributed by atoms with Crippen LogP contribution in [-0.4, -0.2) is 26.1 Å². The summed E-state index contributed by atoms with van der Waals surface area (Å²) in [7, 11) is 0. The summed E-state index contributed by atoms with van der Waals surface area (Å²) in [4.78, 5) is 13.5. The fraction of sp³-hybridized carbons (Fsp3) is 0.130. The Labute approximate surface area is 179 Å². The maximum absolute atomic E-state index is 12.3. The summed E-state index contributed by atoms with van der Waals surface area (Å²) in [5.41, 5.74) is 1.77. The number of rotatable bonds is 8. The molecule has 4 rings (SSSR count). The molecular weight excluding hydrogens is 394 g/mol. The molecule has 0 bridgehead atoms. The Morgan fingerprint density at radius 1 is 0.935 bits per heavy atom. The van der Waals surface area contributed by atoms with E-state index in [4.69, 9.17) is 9.47 Å². The second-order valence-corrected chi connectivity index (χ2v) is 6.83. The van der Waals surface area contributed by atoms with Gasteiger partial charge in [-0.25, -0.2) is 0 Å². The van der Waals surface area contributed by atoms with Crippen LogP contribution >= 0.6 is 0 Å². The van der Waals surface area contributed by atoms with Crippen molar-refractivity contribution in [2.24, 2.45) is 0 Å². The molecule has 8 nitrogen and oxygen atoms in total. The third kappa shape index (κ3) is 5.89. The van der Waals surface area contributed by atoms with Gasteiger partial charge < -0.3 is 14.8 Å². The van der Waals surface area contributed by atoms with E-state index in [1.54, 1.807) is 24.3 Å². The molecule has 0 radical (unpaired) electrons. The summed E-state index contributed by atoms with van der Waals surface area (Å²) in [5.74, 6) is 2.30. The molecule has 8 heteroatoms. The predicted molar refractivity (Wildman–Crippen MR) is 115 cm³/mol. The van der Waals surface area contributed by atoms with Gasteiger partial charge in [-0.05, 0) is 66.2 Å². The Balaban J connectivity index is 1.27. The Kier molecular flexibility index (Phi) is 6.18. The molecule has 0 atom stereocenters. The van der Waals surface area contributed by atoms with Gasteiger partial charge >= 0.3 is 0 Å². The van der Waals surface area contributed by atoms with E-state index in [1.165, 1.54) is 4.80 Å². The molecule has 1 N–H and O–H groups in total. The van der Waals surface area contributed by atoms with Crippen LogP contribution in [0.1, 0.15) is 11.4 Å². The van der Waals surface area contributed by atoms with Gasteiger partial charge in [0.25, 0.3) is 0 Å². The van der Waals surface area contributed by atoms with Crippen molar-refractivity contribution >= 4 is 11.6 Å². The van der Waals surface area contributed by atoms with Gasteiger partial charge in [0.05, 0.1) is 0 Å². The highest BCUT2D eigenvalue weighted by molar-refractivity contribution is 5.90. The van der Waals surface area contributed by atoms with Crippen molar-refractivity contribution in [1.29, 1.82) is 0 Å². The number of para-hydroxylation sites is 1. The number of benzene rings is 3. The summed E-state index contributed by atoms with van der Waals surface area (Å²) < 4.78 is 11.4. The number of anilines is 1. The Morgan fingerprint density at radius 2 is 1.71 bits per heavy atom. The van der Waals surface area contributed by atoms with Crippen molar-refractivity contribution in [1.82, 2.24) is 20.2 Å². The second-order valence-electron chi connectivity index (χ2n) is 6.83. The lowest BCUT2D eigenvalue weighted by Gasteiger charge is -2.08. The van der Waals surface area contributed by atoms with Gasteiger partial charge in [-0.15, -0.1) is 10.2 Å². The van der Waals surface area contributed by atoms with Crippen LogP contribution in [0.15, 0.2) is 78.9 Å². The van der Waals surface area contributed by atoms with Crippen LogP contribution in [-0.2, 0) is 17.9 Å². The first-order valence-electron chi connectivity index (χ1n) is 9.73. The van der Waals surface area contributed by atoms with E-state index >= 15 is 0 Å². The number of ether oxygens (including phenoxy) is 2. The number of amides is 1. The van der Waals surface area contributed by atoms with Crippen molar-refractivity contribution in [2.45, 2.75) is 20.1 Å². The third-order valence-electron chi connectivity index (χ3n) is 4.25. The minimum Gasteiger partial charge on any atom is -0.485 e. The van der Waals surface area contributed by atoms with Gasteiger partial charge in [-0.1, -0.05) is 30.3 Å². The van der Waals surface area contributed by atoms with Crippen LogP contribution in [0, 0.1) is 6.92 Å². The Bertz CT molecular complexity index is 1140. The topological polar surface area (TPSA) is 91.2 Å². The van der Waals surface area contributed by atoms with Crippen LogP contribution in [0.2, 0.25) is 0 Å². The number of nitrogens with zero attached hydrogens (tertiary/aromatic N) is 4. The largest absolute Gasteiger partial charge is 0.485 e. The number of carbonyl (C=O) groups is 1. The van der Waals surface area contributed by atoms with Gasteiger partial charge in [0, 0.05) is 5.69 Å². The lowest BCUT2D eigenvalue weighted by Crippen LogP contribution is -2.20. The summed E-state index contributed by atoms with van der Waals surface area (Å²) in [6.07, 6.45) is 0. The lowest BCUT2D eigenvalue weighted by atomic mass is 10.2. The maximum atomic E-state index is 12.3. The van der Waals surface area contributed by atoms with E-state index in [0.29, 0.717) is 23.0 Å². The van der Waals surface area contributed by atoms with E-state index in [2.05, 4.69) is 20.7 Å². The van der Waals surface area contributed by atoms with Crippen molar-refractivity contribution in [3.63, 3.8) is 0 Å². The molecule has 0 saturated carbocycles. The molecule has 0 fully saturated rings. The number of tetrazole rings is 1. The molecule has 0 aliphatic rings. The van der Waals surface area contributed by atoms with E-state index in [0.717, 1.165) is 11.3 Å². The van der Waals surface area contributed by atoms with E-state index in [9.17, 15) is 4.79 Å². The SMILES string of the molecule is Cc1cccc(Oc2ccc(NC(=O)Cn3nnc(COc4ccccc4)n3)cc2)c1. The molecule has 1 heterocycles. The zero-order chi connectivity index (χ0) is 21.5. The fourth-order valence-electron chi connectivity index (χ4n) is 2.82. The first-order chi connectivity index (χ1) is 15.1. The minimum absolute atomic E-state index is 0.0557. The van der Waals surface area contributed by atoms with Crippen molar-refractivity contribution in [2.75, 3.05) is 5.32 Å². The van der Waals surface area contributed by atoms with Gasteiger partial charge in [0.1, 0.15) is 23.8 Å². The van der Waals surface area contributed by atoms with Crippen molar-refractivity contribution < 1.29 is 14.3 Å². The average Bonchev–Trinajstić information content (AvgIpc) is 3.21. The summed E-state index contributed by atoms with van der Waals surface area (Å²) >= 11 is 0. The molecule has 156 valence electrons. The highest BCUT2D eigenvalue weighted by atomic mass is 16.5. The quantitative estimate of drug-likeness (QED) is 0.468. The Morgan fingerprint density at radius 3 is 2.48 bits per heavy atom. The number of nitrogens with one attached hydrogen (secondary N) is 1. The second kappa shape index (κ2) is 9.53. The molecule has 3 aromatic carbocycles. The fourth-order valence-corrected chi connectivity index (χ4v) is 2.82. The highest BCUT2D eigenvalue weighted by Gasteiger charge is 2.09. The van der Waals surface area contributed by atoms with Gasteiger partial charge in [-0.3, -0.25) is 4.79 Å². The molecule has 0 unspecified atom stereocenters. The zero-order valence-electron chi connectivity index (χ0n) is 16.9. The number of carbonyl (C=O) groups excluding carboxylic acids is 1. The average molecular weight is 415 g/mol. The Hall–Kier alpha value is -4.20. The van der Waals surface area contributed by atoms with E-state index < -0.39 is 0 Å². The standard InChI is InChI=1S/C23H21N5O3/c1-17-6-5-9-21(14-17)31-20-12-10-18(11-13-20)24-23(29)15-28-26-22(25-27-28)16-30-19-7-3-2-4-8-19/h2-14H,15-16H2,1H3,(H,24,29). The van der Waals surface area contributed by atoms with Gasteiger partial charge in [0.2, 0.25) is 11.7 Å². The van der Waals surface area contributed by atoms with Crippen LogP contribution < -0.4 is 14.8 Å². The summed E-state index contributed by atoms with van der Waals surface area (Å²) in [6, 6.07) is 24.3. The van der Waals surface area contributed by atoms with Crippen molar-refractivity contribution in [3.8, 4) is 17.2 Å². The molecule has 1 aromatic heterocycles. The summed E-state index contributed by atoms with van der Waals surface area (Å²) in [5, 5.41) is 14.8. The molecule has 0 aliphatic carbocycles. The summed E-state index contributed by atoms with van der Waals surface area (Å²) in [6.45, 7) is 2.13. The van der Waals surface area contributed by atoms with Crippen LogP contribution in [0.5, 0.6) is 17.2 Å². The number of hydrogen-bond acceptors (Lipinski definition) is 6. The molecule has 0 saturated heterocycles. The molecule has 1 amide bonds. The molecule has 31 heavy (non-hydrogen) atoms. The van der Waals surface area contributed by atoms with E-state index in [1.807, 2.05) is 61.5 Å². The van der Waals surface area contributed by atoms with Gasteiger partial charge in [-0.2, -0.15) is 4.80 Å². The number of aromatic nitrogens is 4. The monoisotopic (exact) mass is 415 g/mol. The van der Waals surface area contributed by atoms with Crippen LogP contribution in [0.25, 0.3) is 0 Å². The number of hydrogen-bond donors (Lipinski definition) is 1. The molecule has 4 aromatic rings. The highest BCUT2D eigenvalue weighted by Crippen LogP contribution is 2.23. The predicted octanol–water partition coefficient (Wildman–Crippen LogP) is 3.99. The first kappa shape index (κ1) is 20.1. The first-order valence-corrected chi connectivity index (χ1v) is 9.73. The number of aryl methyl sites for hydroxylation is 1. The van der Waals surface area contributed by atoms with Crippen molar-refractivity contribution in [3.05, 3.63) is 90.3 Å². The minimum atomic E-state index is -0.264. The molecule has 0 aliphatic heterocycles. The lowest BCUT2D eigenvalue weighted by molar-refractivity contribution is -0.117.